The number of amides is 4. The number of aryl methyl sites for hydroxylation is 2. The smallest absolute Gasteiger partial charge is 0.335 e. The Bertz CT molecular complexity index is 1430. The first-order chi connectivity index (χ1) is 17.1. The maximum Gasteiger partial charge on any atom is 0.335 e. The van der Waals surface area contributed by atoms with Crippen LogP contribution in [-0.4, -0.2) is 25.0 Å². The zero-order valence-electron chi connectivity index (χ0n) is 20.2. The van der Waals surface area contributed by atoms with Gasteiger partial charge in [0.25, 0.3) is 11.8 Å². The van der Waals surface area contributed by atoms with Gasteiger partial charge in [-0.25, -0.2) is 9.69 Å². The van der Waals surface area contributed by atoms with Gasteiger partial charge in [-0.15, -0.1) is 0 Å². The fourth-order valence-electron chi connectivity index (χ4n) is 4.32. The van der Waals surface area contributed by atoms with Crippen molar-refractivity contribution in [3.8, 4) is 5.75 Å². The first kappa shape index (κ1) is 25.9. The summed E-state index contributed by atoms with van der Waals surface area (Å²) in [6.45, 7) is 5.85. The van der Waals surface area contributed by atoms with E-state index < -0.39 is 17.8 Å². The number of barbiturate groups is 1. The lowest BCUT2D eigenvalue weighted by molar-refractivity contribution is -0.122. The van der Waals surface area contributed by atoms with Crippen LogP contribution < -0.4 is 15.0 Å². The molecule has 184 valence electrons. The van der Waals surface area contributed by atoms with Gasteiger partial charge in [0.15, 0.2) is 0 Å². The fraction of sp³-hybridized carbons (Fsp3) is 0.179. The van der Waals surface area contributed by atoms with Crippen LogP contribution in [-0.2, 0) is 16.0 Å². The quantitative estimate of drug-likeness (QED) is 0.213. The Hall–Kier alpha value is -3.17. The average molecular weight is 615 g/mol. The van der Waals surface area contributed by atoms with Crippen molar-refractivity contribution in [2.45, 2.75) is 27.2 Å². The molecule has 0 atom stereocenters. The zero-order chi connectivity index (χ0) is 26.1. The summed E-state index contributed by atoms with van der Waals surface area (Å²) in [5, 5.41) is 2.67. The molecule has 6 nitrogen and oxygen atoms in total. The van der Waals surface area contributed by atoms with Crippen molar-refractivity contribution in [3.05, 3.63) is 96.1 Å². The second kappa shape index (κ2) is 10.4. The molecule has 0 aromatic heterocycles. The first-order valence-electron chi connectivity index (χ1n) is 11.2. The number of urea groups is 1. The molecule has 3 aromatic carbocycles. The number of nitrogens with zero attached hydrogens (tertiary/aromatic N) is 1. The first-order valence-corrected chi connectivity index (χ1v) is 12.6. The largest absolute Gasteiger partial charge is 0.496 e. The second-order valence-corrected chi connectivity index (χ2v) is 10.3. The Morgan fingerprint density at radius 3 is 2.39 bits per heavy atom. The van der Waals surface area contributed by atoms with Gasteiger partial charge in [0.1, 0.15) is 11.3 Å². The van der Waals surface area contributed by atoms with E-state index in [2.05, 4.69) is 60.0 Å². The zero-order valence-corrected chi connectivity index (χ0v) is 23.2. The number of ether oxygens (including phenoxy) is 1. The molecule has 1 aliphatic rings. The number of rotatable bonds is 5. The molecule has 0 spiro atoms. The summed E-state index contributed by atoms with van der Waals surface area (Å²) in [5.41, 5.74) is 5.89. The molecule has 0 aliphatic carbocycles. The predicted octanol–water partition coefficient (Wildman–Crippen LogP) is 6.14. The van der Waals surface area contributed by atoms with Crippen LogP contribution in [0.1, 0.15) is 33.4 Å². The van der Waals surface area contributed by atoms with Crippen molar-refractivity contribution in [2.75, 3.05) is 12.0 Å². The van der Waals surface area contributed by atoms with Crippen LogP contribution in [0.15, 0.2) is 54.1 Å². The molecule has 8 heteroatoms. The molecule has 1 fully saturated rings. The molecular weight excluding hydrogens is 591 g/mol. The molecular formula is C28H24ClIN2O4. The molecule has 0 radical (unpaired) electrons. The molecule has 0 bridgehead atoms. The minimum Gasteiger partial charge on any atom is -0.496 e. The Balaban J connectivity index is 1.73. The van der Waals surface area contributed by atoms with E-state index in [0.717, 1.165) is 14.0 Å². The SMILES string of the molecule is COc1cc(/C=C2\C(=O)NC(=O)N(c3cccc(Cl)c3C)C2=O)cc(I)c1Cc1cc(C)cc(C)c1. The normalized spacial score (nSPS) is 14.9. The molecule has 0 unspecified atom stereocenters. The number of imide groups is 2. The maximum atomic E-state index is 13.3. The standard InChI is InChI=1S/C28H24ClIN2O4/c1-15-8-16(2)10-18(9-15)11-20-23(30)13-19(14-25(20)36-4)12-21-26(33)31-28(35)32(27(21)34)24-7-5-6-22(29)17(24)3/h5-10,12-14H,11H2,1-4H3,(H,31,33,35)/b21-12+. The van der Waals surface area contributed by atoms with Crippen molar-refractivity contribution in [3.63, 3.8) is 0 Å². The Morgan fingerprint density at radius 2 is 1.72 bits per heavy atom. The topological polar surface area (TPSA) is 75.7 Å². The third-order valence-electron chi connectivity index (χ3n) is 5.95. The van der Waals surface area contributed by atoms with E-state index in [1.165, 1.54) is 22.8 Å². The van der Waals surface area contributed by atoms with E-state index >= 15 is 0 Å². The predicted molar refractivity (Wildman–Crippen MR) is 150 cm³/mol. The van der Waals surface area contributed by atoms with Gasteiger partial charge in [0, 0.05) is 20.6 Å². The number of methoxy groups -OCH3 is 1. The van der Waals surface area contributed by atoms with Crippen LogP contribution in [0.25, 0.3) is 6.08 Å². The Morgan fingerprint density at radius 1 is 1.03 bits per heavy atom. The molecule has 0 saturated carbocycles. The van der Waals surface area contributed by atoms with Crippen molar-refractivity contribution < 1.29 is 19.1 Å². The Labute approximate surface area is 228 Å². The van der Waals surface area contributed by atoms with Gasteiger partial charge in [-0.2, -0.15) is 0 Å². The van der Waals surface area contributed by atoms with Crippen LogP contribution in [0, 0.1) is 24.3 Å². The number of hydrogen-bond donors (Lipinski definition) is 1. The summed E-state index contributed by atoms with van der Waals surface area (Å²) in [7, 11) is 1.59. The third-order valence-corrected chi connectivity index (χ3v) is 7.32. The van der Waals surface area contributed by atoms with Crippen LogP contribution >= 0.6 is 34.2 Å². The van der Waals surface area contributed by atoms with E-state index in [1.54, 1.807) is 38.3 Å². The van der Waals surface area contributed by atoms with Crippen molar-refractivity contribution in [2.24, 2.45) is 0 Å². The summed E-state index contributed by atoms with van der Waals surface area (Å²) >= 11 is 8.43. The van der Waals surface area contributed by atoms with Gasteiger partial charge in [0.2, 0.25) is 0 Å². The van der Waals surface area contributed by atoms with Gasteiger partial charge < -0.3 is 4.74 Å². The number of anilines is 1. The molecule has 1 aliphatic heterocycles. The average Bonchev–Trinajstić information content (AvgIpc) is 2.80. The molecule has 1 heterocycles. The van der Waals surface area contributed by atoms with Crippen molar-refractivity contribution in [1.82, 2.24) is 5.32 Å². The van der Waals surface area contributed by atoms with E-state index in [0.29, 0.717) is 34.0 Å². The highest BCUT2D eigenvalue weighted by molar-refractivity contribution is 14.1. The summed E-state index contributed by atoms with van der Waals surface area (Å²) < 4.78 is 6.61. The lowest BCUT2D eigenvalue weighted by Gasteiger charge is -2.27. The molecule has 1 saturated heterocycles. The molecule has 4 amide bonds. The van der Waals surface area contributed by atoms with Crippen molar-refractivity contribution in [1.29, 1.82) is 0 Å². The molecule has 3 aromatic rings. The number of nitrogens with one attached hydrogen (secondary N) is 1. The van der Waals surface area contributed by atoms with E-state index in [1.807, 2.05) is 6.07 Å². The minimum absolute atomic E-state index is 0.158. The number of carbonyl (C=O) groups is 3. The third kappa shape index (κ3) is 5.17. The maximum absolute atomic E-state index is 13.3. The van der Waals surface area contributed by atoms with Gasteiger partial charge in [-0.05, 0) is 90.4 Å². The number of halogens is 2. The minimum atomic E-state index is -0.816. The number of benzene rings is 3. The van der Waals surface area contributed by atoms with Crippen LogP contribution in [0.3, 0.4) is 0 Å². The lowest BCUT2D eigenvalue weighted by Crippen LogP contribution is -2.54. The molecule has 36 heavy (non-hydrogen) atoms. The fourth-order valence-corrected chi connectivity index (χ4v) is 5.31. The van der Waals surface area contributed by atoms with Crippen molar-refractivity contribution >= 4 is 63.8 Å². The second-order valence-electron chi connectivity index (χ2n) is 8.70. The monoisotopic (exact) mass is 614 g/mol. The highest BCUT2D eigenvalue weighted by Gasteiger charge is 2.37. The van der Waals surface area contributed by atoms with Crippen LogP contribution in [0.4, 0.5) is 10.5 Å². The van der Waals surface area contributed by atoms with E-state index in [4.69, 9.17) is 16.3 Å². The van der Waals surface area contributed by atoms with Gasteiger partial charge in [-0.1, -0.05) is 47.0 Å². The summed E-state index contributed by atoms with van der Waals surface area (Å²) in [4.78, 5) is 39.5. The van der Waals surface area contributed by atoms with Gasteiger partial charge in [0.05, 0.1) is 12.8 Å². The molecule has 4 rings (SSSR count). The van der Waals surface area contributed by atoms with E-state index in [9.17, 15) is 14.4 Å². The van der Waals surface area contributed by atoms with Gasteiger partial charge in [-0.3, -0.25) is 14.9 Å². The van der Waals surface area contributed by atoms with Gasteiger partial charge >= 0.3 is 6.03 Å². The van der Waals surface area contributed by atoms with Crippen LogP contribution in [0.2, 0.25) is 5.02 Å². The lowest BCUT2D eigenvalue weighted by atomic mass is 9.98. The van der Waals surface area contributed by atoms with Crippen LogP contribution in [0.5, 0.6) is 5.75 Å². The summed E-state index contributed by atoms with van der Waals surface area (Å²) in [5.74, 6) is -0.827. The number of carbonyl (C=O) groups excluding carboxylic acids is 3. The Kier molecular flexibility index (Phi) is 7.51. The highest BCUT2D eigenvalue weighted by atomic mass is 127. The highest BCUT2D eigenvalue weighted by Crippen LogP contribution is 2.32. The summed E-state index contributed by atoms with van der Waals surface area (Å²) in [6.07, 6.45) is 2.15. The molecule has 1 N–H and O–H groups in total. The number of hydrogen-bond acceptors (Lipinski definition) is 4. The van der Waals surface area contributed by atoms with E-state index in [-0.39, 0.29) is 5.57 Å². The summed E-state index contributed by atoms with van der Waals surface area (Å²) in [6, 6.07) is 14.2.